The quantitative estimate of drug-likeness (QED) is 0.696. The zero-order valence-corrected chi connectivity index (χ0v) is 11.4. The Labute approximate surface area is 119 Å². The zero-order valence-electron chi connectivity index (χ0n) is 10.5. The molecular weight excluding hydrogens is 278 g/mol. The van der Waals surface area contributed by atoms with E-state index in [9.17, 15) is 8.78 Å². The molecule has 2 aromatic heterocycles. The van der Waals surface area contributed by atoms with Gasteiger partial charge >= 0.3 is 0 Å². The topological polar surface area (TPSA) is 17.8 Å². The normalized spacial score (nSPS) is 11.7. The highest BCUT2D eigenvalue weighted by Gasteiger charge is 2.32. The fourth-order valence-corrected chi connectivity index (χ4v) is 2.79. The zero-order chi connectivity index (χ0) is 14.0. The molecule has 0 unspecified atom stereocenters. The molecule has 20 heavy (non-hydrogen) atoms. The predicted octanol–water partition coefficient (Wildman–Crippen LogP) is 4.40. The van der Waals surface area contributed by atoms with Crippen LogP contribution in [0, 0.1) is 0 Å². The van der Waals surface area contributed by atoms with Gasteiger partial charge in [0.05, 0.1) is 11.4 Å². The van der Waals surface area contributed by atoms with Gasteiger partial charge in [0.2, 0.25) is 0 Å². The first-order valence-corrected chi connectivity index (χ1v) is 7.03. The Balaban J connectivity index is 1.91. The van der Waals surface area contributed by atoms with Crippen molar-refractivity contribution in [3.05, 3.63) is 65.8 Å². The summed E-state index contributed by atoms with van der Waals surface area (Å²) in [7, 11) is 0. The summed E-state index contributed by atoms with van der Waals surface area (Å²) in [5.74, 6) is -2.34. The molecule has 0 fully saturated rings. The maximum atomic E-state index is 14.3. The van der Waals surface area contributed by atoms with Crippen LogP contribution in [-0.2, 0) is 12.5 Å². The number of rotatable bonds is 4. The minimum absolute atomic E-state index is 0.0193. The summed E-state index contributed by atoms with van der Waals surface area (Å²) in [6, 6.07) is 11.6. The molecule has 0 atom stereocenters. The molecule has 0 aliphatic rings. The van der Waals surface area contributed by atoms with E-state index in [1.165, 1.54) is 28.0 Å². The SMILES string of the molecule is FC(F)(Cn1ccnc1-c1cccs1)c1ccccc1. The third-order valence-electron chi connectivity index (χ3n) is 3.02. The van der Waals surface area contributed by atoms with Crippen LogP contribution >= 0.6 is 11.3 Å². The van der Waals surface area contributed by atoms with Crippen LogP contribution in [0.2, 0.25) is 0 Å². The molecule has 3 rings (SSSR count). The number of hydrogen-bond acceptors (Lipinski definition) is 2. The van der Waals surface area contributed by atoms with Gasteiger partial charge in [-0.25, -0.2) is 4.98 Å². The van der Waals surface area contributed by atoms with Gasteiger partial charge in [0.15, 0.2) is 0 Å². The van der Waals surface area contributed by atoms with Crippen LogP contribution in [0.3, 0.4) is 0 Å². The number of thiophene rings is 1. The maximum Gasteiger partial charge on any atom is 0.290 e. The fourth-order valence-electron chi connectivity index (χ4n) is 2.05. The number of imidazole rings is 1. The van der Waals surface area contributed by atoms with Crippen LogP contribution < -0.4 is 0 Å². The Kier molecular flexibility index (Phi) is 3.36. The third kappa shape index (κ3) is 2.49. The second-order valence-electron chi connectivity index (χ2n) is 4.43. The molecule has 2 heterocycles. The van der Waals surface area contributed by atoms with E-state index in [2.05, 4.69) is 4.98 Å². The summed E-state index contributed by atoms with van der Waals surface area (Å²) in [5, 5.41) is 1.91. The van der Waals surface area contributed by atoms with E-state index < -0.39 is 12.5 Å². The lowest BCUT2D eigenvalue weighted by molar-refractivity contribution is -0.0218. The molecule has 5 heteroatoms. The number of benzene rings is 1. The van der Waals surface area contributed by atoms with E-state index in [4.69, 9.17) is 0 Å². The van der Waals surface area contributed by atoms with E-state index >= 15 is 0 Å². The highest BCUT2D eigenvalue weighted by molar-refractivity contribution is 7.13. The Morgan fingerprint density at radius 1 is 1.10 bits per heavy atom. The van der Waals surface area contributed by atoms with Crippen LogP contribution in [-0.4, -0.2) is 9.55 Å². The molecule has 1 aromatic carbocycles. The summed E-state index contributed by atoms with van der Waals surface area (Å²) in [6.45, 7) is -0.412. The standard InChI is InChI=1S/C15H12F2N2S/c16-15(17,12-5-2-1-3-6-12)11-19-9-8-18-14(19)13-7-4-10-20-13/h1-10H,11H2. The first-order valence-electron chi connectivity index (χ1n) is 6.15. The average molecular weight is 290 g/mol. The summed E-state index contributed by atoms with van der Waals surface area (Å²) in [4.78, 5) is 5.06. The Hall–Kier alpha value is -2.01. The second-order valence-corrected chi connectivity index (χ2v) is 5.37. The average Bonchev–Trinajstić information content (AvgIpc) is 3.10. The molecule has 0 aliphatic carbocycles. The fraction of sp³-hybridized carbons (Fsp3) is 0.133. The minimum Gasteiger partial charge on any atom is -0.324 e. The summed E-state index contributed by atoms with van der Waals surface area (Å²) >= 11 is 1.49. The maximum absolute atomic E-state index is 14.3. The van der Waals surface area contributed by atoms with Crippen molar-refractivity contribution in [2.45, 2.75) is 12.5 Å². The monoisotopic (exact) mass is 290 g/mol. The van der Waals surface area contributed by atoms with Crippen molar-refractivity contribution in [3.8, 4) is 10.7 Å². The van der Waals surface area contributed by atoms with Gasteiger partial charge in [-0.1, -0.05) is 36.4 Å². The van der Waals surface area contributed by atoms with Crippen LogP contribution in [0.15, 0.2) is 60.2 Å². The first-order chi connectivity index (χ1) is 9.67. The van der Waals surface area contributed by atoms with E-state index in [1.54, 1.807) is 30.6 Å². The molecular formula is C15H12F2N2S. The number of alkyl halides is 2. The van der Waals surface area contributed by atoms with E-state index in [-0.39, 0.29) is 5.56 Å². The molecule has 102 valence electrons. The van der Waals surface area contributed by atoms with Gasteiger partial charge in [0, 0.05) is 18.0 Å². The van der Waals surface area contributed by atoms with E-state index in [0.717, 1.165) is 4.88 Å². The third-order valence-corrected chi connectivity index (χ3v) is 3.89. The molecule has 0 N–H and O–H groups in total. The molecule has 0 radical (unpaired) electrons. The number of hydrogen-bond donors (Lipinski definition) is 0. The largest absolute Gasteiger partial charge is 0.324 e. The smallest absolute Gasteiger partial charge is 0.290 e. The van der Waals surface area contributed by atoms with Gasteiger partial charge in [-0.15, -0.1) is 11.3 Å². The molecule has 0 amide bonds. The minimum atomic E-state index is -2.92. The van der Waals surface area contributed by atoms with Crippen LogP contribution in [0.4, 0.5) is 8.78 Å². The van der Waals surface area contributed by atoms with Gasteiger partial charge in [0.1, 0.15) is 5.82 Å². The lowest BCUT2D eigenvalue weighted by atomic mass is 10.1. The second kappa shape index (κ2) is 5.17. The van der Waals surface area contributed by atoms with Crippen molar-refractivity contribution in [1.82, 2.24) is 9.55 Å². The van der Waals surface area contributed by atoms with Crippen LogP contribution in [0.1, 0.15) is 5.56 Å². The molecule has 2 nitrogen and oxygen atoms in total. The lowest BCUT2D eigenvalue weighted by Gasteiger charge is -2.18. The molecule has 0 spiro atoms. The predicted molar refractivity (Wildman–Crippen MR) is 75.9 cm³/mol. The van der Waals surface area contributed by atoms with E-state index in [1.807, 2.05) is 17.5 Å². The van der Waals surface area contributed by atoms with Crippen molar-refractivity contribution in [2.24, 2.45) is 0 Å². The van der Waals surface area contributed by atoms with Crippen molar-refractivity contribution in [3.63, 3.8) is 0 Å². The van der Waals surface area contributed by atoms with Gasteiger partial charge in [0.25, 0.3) is 5.92 Å². The van der Waals surface area contributed by atoms with Crippen LogP contribution in [0.25, 0.3) is 10.7 Å². The van der Waals surface area contributed by atoms with Gasteiger partial charge in [-0.2, -0.15) is 8.78 Å². The van der Waals surface area contributed by atoms with Crippen molar-refractivity contribution in [1.29, 1.82) is 0 Å². The summed E-state index contributed by atoms with van der Waals surface area (Å²) < 4.78 is 30.1. The highest BCUT2D eigenvalue weighted by atomic mass is 32.1. The van der Waals surface area contributed by atoms with Gasteiger partial charge < -0.3 is 4.57 Å². The Morgan fingerprint density at radius 2 is 1.90 bits per heavy atom. The lowest BCUT2D eigenvalue weighted by Crippen LogP contribution is -2.21. The molecule has 0 bridgehead atoms. The number of halogens is 2. The van der Waals surface area contributed by atoms with Gasteiger partial charge in [-0.05, 0) is 11.4 Å². The Morgan fingerprint density at radius 3 is 2.60 bits per heavy atom. The van der Waals surface area contributed by atoms with Crippen molar-refractivity contribution < 1.29 is 8.78 Å². The molecule has 0 saturated carbocycles. The molecule has 0 aliphatic heterocycles. The van der Waals surface area contributed by atoms with Crippen molar-refractivity contribution >= 4 is 11.3 Å². The highest BCUT2D eigenvalue weighted by Crippen LogP contribution is 2.32. The molecule has 3 aromatic rings. The molecule has 0 saturated heterocycles. The summed E-state index contributed by atoms with van der Waals surface area (Å²) in [5.41, 5.74) is 0.0193. The summed E-state index contributed by atoms with van der Waals surface area (Å²) in [6.07, 6.45) is 3.14. The van der Waals surface area contributed by atoms with Crippen molar-refractivity contribution in [2.75, 3.05) is 0 Å². The van der Waals surface area contributed by atoms with Crippen LogP contribution in [0.5, 0.6) is 0 Å². The number of nitrogens with zero attached hydrogens (tertiary/aromatic N) is 2. The number of aromatic nitrogens is 2. The first kappa shape index (κ1) is 13.0. The van der Waals surface area contributed by atoms with Gasteiger partial charge in [-0.3, -0.25) is 0 Å². The van der Waals surface area contributed by atoms with E-state index in [0.29, 0.717) is 5.82 Å². The Bertz CT molecular complexity index is 675.